The van der Waals surface area contributed by atoms with Gasteiger partial charge >= 0.3 is 11.9 Å². The summed E-state index contributed by atoms with van der Waals surface area (Å²) in [4.78, 5) is 42.4. The van der Waals surface area contributed by atoms with Gasteiger partial charge in [-0.3, -0.25) is 14.6 Å². The fourth-order valence-electron chi connectivity index (χ4n) is 5.11. The molecule has 0 saturated heterocycles. The molecule has 5 rings (SSSR count). The minimum absolute atomic E-state index is 0.0282. The first-order valence-corrected chi connectivity index (χ1v) is 12.7. The van der Waals surface area contributed by atoms with Gasteiger partial charge in [-0.05, 0) is 68.0 Å². The zero-order chi connectivity index (χ0) is 25.9. The van der Waals surface area contributed by atoms with Crippen LogP contribution < -0.4 is 4.74 Å². The first kappa shape index (κ1) is 24.7. The number of nitrogens with zero attached hydrogens (tertiary/aromatic N) is 1. The number of cyclic esters (lactones) is 1. The molecular formula is C30H29NO6. The fraction of sp³-hybridized carbons (Fsp3) is 0.333. The number of pyridine rings is 1. The van der Waals surface area contributed by atoms with Crippen molar-refractivity contribution in [1.29, 1.82) is 0 Å². The number of carbonyl (C=O) groups is 3. The van der Waals surface area contributed by atoms with Crippen LogP contribution in [-0.2, 0) is 14.3 Å². The van der Waals surface area contributed by atoms with Crippen molar-refractivity contribution >= 4 is 34.7 Å². The highest BCUT2D eigenvalue weighted by Crippen LogP contribution is 2.47. The van der Waals surface area contributed by atoms with Crippen LogP contribution in [0.4, 0.5) is 0 Å². The summed E-state index contributed by atoms with van der Waals surface area (Å²) < 4.78 is 11.2. The Kier molecular flexibility index (Phi) is 7.04. The highest BCUT2D eigenvalue weighted by atomic mass is 16.5. The molecule has 0 radical (unpaired) electrons. The molecule has 7 nitrogen and oxygen atoms in total. The van der Waals surface area contributed by atoms with Crippen LogP contribution in [0.2, 0.25) is 0 Å². The number of hydrogen-bond donors (Lipinski definition) is 1. The van der Waals surface area contributed by atoms with Gasteiger partial charge in [-0.2, -0.15) is 0 Å². The summed E-state index contributed by atoms with van der Waals surface area (Å²) in [6.45, 7) is 1.78. The van der Waals surface area contributed by atoms with Gasteiger partial charge in [0, 0.05) is 35.9 Å². The lowest BCUT2D eigenvalue weighted by atomic mass is 9.83. The molecule has 0 aliphatic carbocycles. The Morgan fingerprint density at radius 3 is 2.76 bits per heavy atom. The average molecular weight is 500 g/mol. The largest absolute Gasteiger partial charge is 0.507 e. The lowest BCUT2D eigenvalue weighted by Gasteiger charge is -2.28. The second-order valence-corrected chi connectivity index (χ2v) is 9.73. The summed E-state index contributed by atoms with van der Waals surface area (Å²) >= 11 is 0. The number of allylic oxidation sites excluding steroid dienone is 1. The molecule has 0 amide bonds. The number of phenols is 1. The van der Waals surface area contributed by atoms with Crippen LogP contribution in [0.1, 0.15) is 84.8 Å². The number of Topliss-reactive ketones (excluding diaryl/α,β-unsaturated/α-hetero) is 1. The van der Waals surface area contributed by atoms with Gasteiger partial charge in [0.15, 0.2) is 0 Å². The molecule has 2 atom stereocenters. The molecule has 7 heteroatoms. The number of esters is 2. The minimum Gasteiger partial charge on any atom is -0.507 e. The summed E-state index contributed by atoms with van der Waals surface area (Å²) in [7, 11) is 0. The van der Waals surface area contributed by atoms with Gasteiger partial charge in [-0.1, -0.05) is 24.3 Å². The molecule has 2 aliphatic heterocycles. The zero-order valence-electron chi connectivity index (χ0n) is 20.7. The molecule has 0 fully saturated rings. The van der Waals surface area contributed by atoms with E-state index in [9.17, 15) is 19.5 Å². The number of hydrogen-bond acceptors (Lipinski definition) is 7. The van der Waals surface area contributed by atoms with E-state index in [2.05, 4.69) is 4.98 Å². The number of benzene rings is 2. The van der Waals surface area contributed by atoms with Crippen LogP contribution in [0.3, 0.4) is 0 Å². The summed E-state index contributed by atoms with van der Waals surface area (Å²) in [6.07, 6.45) is 8.41. The predicted octanol–water partition coefficient (Wildman–Crippen LogP) is 5.86. The minimum atomic E-state index is -0.644. The Morgan fingerprint density at radius 1 is 1.05 bits per heavy atom. The molecule has 3 heterocycles. The van der Waals surface area contributed by atoms with E-state index in [1.807, 2.05) is 36.4 Å². The van der Waals surface area contributed by atoms with Crippen molar-refractivity contribution in [2.75, 3.05) is 0 Å². The number of aromatic nitrogens is 1. The SMILES string of the molecule is C[C@H]1CCCC(=O)CCC/C=C/c2cc3c(c(O)c2C(=O)O1)C(c1ccc2ncccc2c1)CC(=O)O3. The number of aromatic hydroxyl groups is 1. The molecule has 0 saturated carbocycles. The lowest BCUT2D eigenvalue weighted by Crippen LogP contribution is -2.23. The van der Waals surface area contributed by atoms with Gasteiger partial charge in [0.1, 0.15) is 22.8 Å². The van der Waals surface area contributed by atoms with Crippen molar-refractivity contribution in [3.05, 3.63) is 70.9 Å². The van der Waals surface area contributed by atoms with Gasteiger partial charge in [-0.15, -0.1) is 0 Å². The van der Waals surface area contributed by atoms with Gasteiger partial charge < -0.3 is 14.6 Å². The number of rotatable bonds is 1. The molecular weight excluding hydrogens is 470 g/mol. The van der Waals surface area contributed by atoms with Crippen LogP contribution in [-0.4, -0.2) is 33.9 Å². The monoisotopic (exact) mass is 499 g/mol. The first-order valence-electron chi connectivity index (χ1n) is 12.7. The normalized spacial score (nSPS) is 21.8. The first-order chi connectivity index (χ1) is 17.9. The molecule has 0 bridgehead atoms. The Labute approximate surface area is 215 Å². The van der Waals surface area contributed by atoms with Gasteiger partial charge in [0.25, 0.3) is 0 Å². The average Bonchev–Trinajstić information content (AvgIpc) is 2.87. The Hall–Kier alpha value is -4.00. The van der Waals surface area contributed by atoms with E-state index < -0.39 is 24.0 Å². The fourth-order valence-corrected chi connectivity index (χ4v) is 5.11. The maximum atomic E-state index is 13.3. The van der Waals surface area contributed by atoms with E-state index in [1.165, 1.54) is 0 Å². The molecule has 37 heavy (non-hydrogen) atoms. The molecule has 3 aromatic rings. The quantitative estimate of drug-likeness (QED) is 0.330. The Bertz CT molecular complexity index is 1410. The van der Waals surface area contributed by atoms with Crippen molar-refractivity contribution in [2.45, 2.75) is 63.9 Å². The summed E-state index contributed by atoms with van der Waals surface area (Å²) in [5.41, 5.74) is 2.50. The third-order valence-electron chi connectivity index (χ3n) is 7.01. The Balaban J connectivity index is 1.61. The number of phenolic OH excluding ortho intramolecular Hbond substituents is 1. The van der Waals surface area contributed by atoms with E-state index in [4.69, 9.17) is 9.47 Å². The summed E-state index contributed by atoms with van der Waals surface area (Å²) in [6, 6.07) is 11.1. The summed E-state index contributed by atoms with van der Waals surface area (Å²) in [5.74, 6) is -1.36. The second-order valence-electron chi connectivity index (χ2n) is 9.73. The van der Waals surface area contributed by atoms with Crippen LogP contribution in [0.15, 0.2) is 48.7 Å². The van der Waals surface area contributed by atoms with E-state index in [0.29, 0.717) is 49.7 Å². The van der Waals surface area contributed by atoms with Gasteiger partial charge in [-0.25, -0.2) is 4.79 Å². The van der Waals surface area contributed by atoms with E-state index >= 15 is 0 Å². The molecule has 1 aromatic heterocycles. The molecule has 0 spiro atoms. The molecule has 2 aliphatic rings. The lowest BCUT2D eigenvalue weighted by molar-refractivity contribution is -0.135. The predicted molar refractivity (Wildman–Crippen MR) is 139 cm³/mol. The number of ether oxygens (including phenoxy) is 2. The van der Waals surface area contributed by atoms with Crippen molar-refractivity contribution < 1.29 is 29.0 Å². The number of ketones is 1. The van der Waals surface area contributed by atoms with Crippen LogP contribution in [0, 0.1) is 0 Å². The molecule has 2 aromatic carbocycles. The number of fused-ring (bicyclic) bond motifs is 3. The van der Waals surface area contributed by atoms with Crippen molar-refractivity contribution in [1.82, 2.24) is 4.98 Å². The van der Waals surface area contributed by atoms with Crippen LogP contribution >= 0.6 is 0 Å². The standard InChI is InChI=1S/C30H29NO6/c1-18-7-5-11-22(32)10-4-2-3-8-21-16-25-28(29(34)27(21)30(35)36-18)23(17-26(33)37-25)19-12-13-24-20(15-19)9-6-14-31-24/h3,6,8-9,12-16,18,23,34H,2,4-5,7,10-11,17H2,1H3/b8-3+/t18-,23?/m0/s1. The maximum Gasteiger partial charge on any atom is 0.342 e. The van der Waals surface area contributed by atoms with Crippen molar-refractivity contribution in [3.63, 3.8) is 0 Å². The maximum absolute atomic E-state index is 13.3. The Morgan fingerprint density at radius 2 is 1.89 bits per heavy atom. The van der Waals surface area contributed by atoms with E-state index in [0.717, 1.165) is 16.5 Å². The van der Waals surface area contributed by atoms with Crippen LogP contribution in [0.25, 0.3) is 17.0 Å². The van der Waals surface area contributed by atoms with Crippen LogP contribution in [0.5, 0.6) is 11.5 Å². The smallest absolute Gasteiger partial charge is 0.342 e. The van der Waals surface area contributed by atoms with Crippen molar-refractivity contribution in [2.24, 2.45) is 0 Å². The highest BCUT2D eigenvalue weighted by Gasteiger charge is 2.35. The van der Waals surface area contributed by atoms with Crippen molar-refractivity contribution in [3.8, 4) is 11.5 Å². The van der Waals surface area contributed by atoms with E-state index in [-0.39, 0.29) is 29.3 Å². The highest BCUT2D eigenvalue weighted by molar-refractivity contribution is 5.98. The van der Waals surface area contributed by atoms with Gasteiger partial charge in [0.05, 0.1) is 18.0 Å². The number of carbonyl (C=O) groups excluding carboxylic acids is 3. The third kappa shape index (κ3) is 5.26. The zero-order valence-corrected chi connectivity index (χ0v) is 20.7. The topological polar surface area (TPSA) is 103 Å². The third-order valence-corrected chi connectivity index (χ3v) is 7.01. The summed E-state index contributed by atoms with van der Waals surface area (Å²) in [5, 5.41) is 12.4. The van der Waals surface area contributed by atoms with E-state index in [1.54, 1.807) is 25.3 Å². The second kappa shape index (κ2) is 10.5. The molecule has 1 unspecified atom stereocenters. The molecule has 1 N–H and O–H groups in total. The van der Waals surface area contributed by atoms with Gasteiger partial charge in [0.2, 0.25) is 0 Å². The molecule has 190 valence electrons.